The van der Waals surface area contributed by atoms with Gasteiger partial charge in [0.15, 0.2) is 0 Å². The number of halogens is 2. The molecule has 4 nitrogen and oxygen atoms in total. The van der Waals surface area contributed by atoms with Crippen molar-refractivity contribution in [3.8, 4) is 41.8 Å². The second kappa shape index (κ2) is 11.5. The van der Waals surface area contributed by atoms with Gasteiger partial charge in [-0.15, -0.1) is 22.7 Å². The van der Waals surface area contributed by atoms with Crippen molar-refractivity contribution in [2.75, 3.05) is 0 Å². The molecule has 6 aromatic rings. The van der Waals surface area contributed by atoms with Crippen LogP contribution < -0.4 is 0 Å². The lowest BCUT2D eigenvalue weighted by Crippen LogP contribution is -1.85. The van der Waals surface area contributed by atoms with E-state index in [1.165, 1.54) is 23.1 Å². The van der Waals surface area contributed by atoms with Crippen LogP contribution in [0.25, 0.3) is 64.4 Å². The van der Waals surface area contributed by atoms with Gasteiger partial charge >= 0.3 is 0 Å². The summed E-state index contributed by atoms with van der Waals surface area (Å²) >= 11 is 5.65. The molecule has 10 heteroatoms. The summed E-state index contributed by atoms with van der Waals surface area (Å²) in [7, 11) is 0. The molecule has 0 saturated heterocycles. The van der Waals surface area contributed by atoms with Gasteiger partial charge in [0.05, 0.1) is 23.1 Å². The lowest BCUT2D eigenvalue weighted by Gasteiger charge is -2.09. The van der Waals surface area contributed by atoms with E-state index in [2.05, 4.69) is 24.3 Å². The minimum Gasteiger partial charge on any atom is -0.206 e. The highest BCUT2D eigenvalue weighted by molar-refractivity contribution is 7.58. The van der Waals surface area contributed by atoms with Crippen LogP contribution in [-0.4, -0.2) is 8.75 Å². The molecule has 0 saturated carbocycles. The molecule has 1 aliphatic heterocycles. The van der Waals surface area contributed by atoms with Crippen LogP contribution in [0.1, 0.15) is 38.8 Å². The zero-order chi connectivity index (χ0) is 30.5. The molecule has 4 heterocycles. The molecule has 1 aliphatic rings. The third kappa shape index (κ3) is 5.01. The summed E-state index contributed by atoms with van der Waals surface area (Å²) in [5.74, 6) is -0.378. The SMILES string of the molecule is CC(C)=C(F)c1ccc(-c2ccc(-c3c4c(c(-c5ccc(-c6ccc(C(F)=C(C)C)cc6)s5)c5nsnc35)N=S=N4)s2)cc1. The summed E-state index contributed by atoms with van der Waals surface area (Å²) in [5, 5.41) is 0. The fourth-order valence-electron chi connectivity index (χ4n) is 5.12. The first-order valence-corrected chi connectivity index (χ1v) is 16.9. The average Bonchev–Trinajstić information content (AvgIpc) is 3.86. The number of fused-ring (bicyclic) bond motifs is 2. The maximum Gasteiger partial charge on any atom is 0.129 e. The number of nitrogens with zero attached hydrogens (tertiary/aromatic N) is 4. The van der Waals surface area contributed by atoms with Gasteiger partial charge in [-0.3, -0.25) is 0 Å². The Kier molecular flexibility index (Phi) is 7.54. The Morgan fingerprint density at radius 2 is 0.909 bits per heavy atom. The van der Waals surface area contributed by atoms with E-state index in [0.29, 0.717) is 22.3 Å². The highest BCUT2D eigenvalue weighted by Crippen LogP contribution is 2.54. The van der Waals surface area contributed by atoms with Gasteiger partial charge in [-0.1, -0.05) is 48.5 Å². The van der Waals surface area contributed by atoms with Crippen LogP contribution in [0.4, 0.5) is 20.2 Å². The fourth-order valence-corrected chi connectivity index (χ4v) is 8.35. The number of benzene rings is 3. The highest BCUT2D eigenvalue weighted by atomic mass is 32.1. The normalized spacial score (nSPS) is 12.0. The number of hydrogen-bond acceptors (Lipinski definition) is 7. The molecule has 3 aromatic heterocycles. The Bertz CT molecular complexity index is 2050. The van der Waals surface area contributed by atoms with Crippen molar-refractivity contribution in [3.05, 3.63) is 95.1 Å². The highest BCUT2D eigenvalue weighted by Gasteiger charge is 2.27. The van der Waals surface area contributed by atoms with E-state index < -0.39 is 0 Å². The molecule has 0 atom stereocenters. The van der Waals surface area contributed by atoms with Crippen LogP contribution in [0.2, 0.25) is 0 Å². The molecule has 3 aromatic carbocycles. The third-order valence-corrected chi connectivity index (χ3v) is 10.7. The number of allylic oxidation sites excluding steroid dienone is 2. The van der Waals surface area contributed by atoms with Gasteiger partial charge in [0.1, 0.15) is 34.1 Å². The van der Waals surface area contributed by atoms with Crippen LogP contribution in [0.5, 0.6) is 0 Å². The molecular weight excluding hydrogens is 631 g/mol. The number of aromatic nitrogens is 2. The average molecular weight is 655 g/mol. The first-order valence-electron chi connectivity index (χ1n) is 13.8. The lowest BCUT2D eigenvalue weighted by atomic mass is 10.0. The predicted molar refractivity (Wildman–Crippen MR) is 185 cm³/mol. The molecule has 0 unspecified atom stereocenters. The minimum atomic E-state index is -0.189. The van der Waals surface area contributed by atoms with Crippen LogP contribution in [0, 0.1) is 0 Å². The van der Waals surface area contributed by atoms with Crippen LogP contribution in [0.3, 0.4) is 0 Å². The van der Waals surface area contributed by atoms with Gasteiger partial charge < -0.3 is 0 Å². The van der Waals surface area contributed by atoms with Crippen LogP contribution in [-0.2, 0) is 11.4 Å². The van der Waals surface area contributed by atoms with E-state index in [-0.39, 0.29) is 11.7 Å². The van der Waals surface area contributed by atoms with Gasteiger partial charge in [0.2, 0.25) is 0 Å². The second-order valence-corrected chi connectivity index (χ2v) is 14.0. The quantitative estimate of drug-likeness (QED) is 0.179. The molecule has 218 valence electrons. The molecule has 7 rings (SSSR count). The fraction of sp³-hybridized carbons (Fsp3) is 0.118. The maximum atomic E-state index is 14.4. The smallest absolute Gasteiger partial charge is 0.129 e. The molecule has 0 fully saturated rings. The van der Waals surface area contributed by atoms with E-state index in [1.54, 1.807) is 50.4 Å². The molecule has 0 aliphatic carbocycles. The van der Waals surface area contributed by atoms with Gasteiger partial charge in [-0.25, -0.2) is 8.78 Å². The summed E-state index contributed by atoms with van der Waals surface area (Å²) in [6.07, 6.45) is 0. The van der Waals surface area contributed by atoms with Gasteiger partial charge in [0, 0.05) is 41.8 Å². The van der Waals surface area contributed by atoms with Crippen molar-refractivity contribution in [3.63, 3.8) is 0 Å². The Labute approximate surface area is 269 Å². The Balaban J connectivity index is 1.27. The van der Waals surface area contributed by atoms with Crippen molar-refractivity contribution in [1.82, 2.24) is 8.75 Å². The van der Waals surface area contributed by atoms with E-state index >= 15 is 0 Å². The Morgan fingerprint density at radius 1 is 0.523 bits per heavy atom. The first-order chi connectivity index (χ1) is 21.3. The largest absolute Gasteiger partial charge is 0.206 e. The van der Waals surface area contributed by atoms with E-state index in [4.69, 9.17) is 17.5 Å². The lowest BCUT2D eigenvalue weighted by molar-refractivity contribution is 0.749. The summed E-state index contributed by atoms with van der Waals surface area (Å²) in [6, 6.07) is 23.4. The number of hydrogen-bond donors (Lipinski definition) is 0. The zero-order valence-electron chi connectivity index (χ0n) is 24.1. The molecule has 0 radical (unpaired) electrons. The Morgan fingerprint density at radius 3 is 1.30 bits per heavy atom. The van der Waals surface area contributed by atoms with Crippen LogP contribution >= 0.6 is 34.4 Å². The number of rotatable bonds is 6. The van der Waals surface area contributed by atoms with Gasteiger partial charge in [0.25, 0.3) is 0 Å². The summed E-state index contributed by atoms with van der Waals surface area (Å²) in [4.78, 5) is 4.19. The molecule has 0 bridgehead atoms. The van der Waals surface area contributed by atoms with Crippen molar-refractivity contribution in [2.45, 2.75) is 27.7 Å². The van der Waals surface area contributed by atoms with Crippen molar-refractivity contribution < 1.29 is 8.78 Å². The second-order valence-electron chi connectivity index (χ2n) is 10.8. The van der Waals surface area contributed by atoms with Crippen molar-refractivity contribution >= 4 is 79.8 Å². The molecule has 0 spiro atoms. The zero-order valence-corrected chi connectivity index (χ0v) is 27.4. The van der Waals surface area contributed by atoms with Crippen molar-refractivity contribution in [2.24, 2.45) is 8.73 Å². The minimum absolute atomic E-state index is 0.189. The van der Waals surface area contributed by atoms with E-state index in [0.717, 1.165) is 64.2 Å². The Hall–Kier alpha value is -3.96. The summed E-state index contributed by atoms with van der Waals surface area (Å²) in [5.41, 5.74) is 9.58. The van der Waals surface area contributed by atoms with Crippen LogP contribution in [0.15, 0.2) is 92.7 Å². The molecular formula is C34H24F2N4S4. The monoisotopic (exact) mass is 654 g/mol. The standard InChI is InChI=1S/C34H24F2N4S4/c1-17(2)29(35)21-9-5-19(6-10-21)23-13-15-25(41-23)27-31-33(39-43-37-31)28(34-32(27)38-44-40-34)26-16-14-24(42-26)20-7-11-22(12-8-20)30(36)18(3)4/h5-16H,1-4H3. The topological polar surface area (TPSA) is 50.5 Å². The molecule has 0 amide bonds. The molecule has 0 N–H and O–H groups in total. The maximum absolute atomic E-state index is 14.4. The van der Waals surface area contributed by atoms with Gasteiger partial charge in [-0.05, 0) is 74.2 Å². The molecule has 44 heavy (non-hydrogen) atoms. The first kappa shape index (κ1) is 28.8. The number of thiophene rings is 2. The summed E-state index contributed by atoms with van der Waals surface area (Å²) in [6.45, 7) is 7.09. The van der Waals surface area contributed by atoms with E-state index in [1.807, 2.05) is 48.5 Å². The van der Waals surface area contributed by atoms with E-state index in [9.17, 15) is 8.78 Å². The third-order valence-electron chi connectivity index (χ3n) is 7.35. The predicted octanol–water partition coefficient (Wildman–Crippen LogP) is 12.6. The summed E-state index contributed by atoms with van der Waals surface area (Å²) < 4.78 is 47.8. The van der Waals surface area contributed by atoms with Gasteiger partial charge in [-0.2, -0.15) is 17.5 Å². The van der Waals surface area contributed by atoms with Crippen molar-refractivity contribution in [1.29, 1.82) is 0 Å².